The first-order chi connectivity index (χ1) is 25.8. The number of carbonyl (C=O) groups excluding carboxylic acids is 2. The number of hydrogen-bond acceptors (Lipinski definition) is 11. The van der Waals surface area contributed by atoms with Crippen molar-refractivity contribution in [2.24, 2.45) is 0 Å². The molecule has 0 bridgehead atoms. The summed E-state index contributed by atoms with van der Waals surface area (Å²) in [5.41, 5.74) is 3.18. The standard InChI is InChI=1S/C39H56N6O8/c1-4-34(38(47)40-32-9-5-7-30(2)27-32)43-13-19-52-25-23-50-17-11-42(12-18-51-24-26-53-20-14-43)28-35-41-37-31(3)8-6-10-33(37)39(48)45(35)29-36(46)44-15-21-49-22-16-44/h5-10,27,34H,4,11-26,28-29H2,1-3H3,(H,40,47). The number of amides is 2. The van der Waals surface area contributed by atoms with Crippen LogP contribution in [0, 0.1) is 13.8 Å². The Bertz CT molecular complexity index is 1660. The van der Waals surface area contributed by atoms with Crippen LogP contribution < -0.4 is 10.9 Å². The molecule has 2 fully saturated rings. The number of morpholine rings is 1. The minimum atomic E-state index is -0.332. The highest BCUT2D eigenvalue weighted by molar-refractivity contribution is 5.94. The molecule has 1 aromatic heterocycles. The van der Waals surface area contributed by atoms with Crippen molar-refractivity contribution in [3.8, 4) is 0 Å². The summed E-state index contributed by atoms with van der Waals surface area (Å²) in [7, 11) is 0. The number of aromatic nitrogens is 2. The lowest BCUT2D eigenvalue weighted by Gasteiger charge is -2.30. The molecule has 2 aromatic carbocycles. The first-order valence-electron chi connectivity index (χ1n) is 18.8. The van der Waals surface area contributed by atoms with Crippen LogP contribution in [0.4, 0.5) is 5.69 Å². The number of para-hydroxylation sites is 1. The third-order valence-corrected chi connectivity index (χ3v) is 9.60. The highest BCUT2D eigenvalue weighted by atomic mass is 16.5. The van der Waals surface area contributed by atoms with Gasteiger partial charge in [0.25, 0.3) is 5.56 Å². The van der Waals surface area contributed by atoms with Crippen molar-refractivity contribution in [1.82, 2.24) is 24.3 Å². The molecule has 5 rings (SSSR count). The smallest absolute Gasteiger partial charge is 0.261 e. The average molecular weight is 737 g/mol. The highest BCUT2D eigenvalue weighted by Crippen LogP contribution is 2.16. The molecule has 53 heavy (non-hydrogen) atoms. The molecule has 290 valence electrons. The maximum atomic E-state index is 13.9. The fraction of sp³-hybridized carbons (Fsp3) is 0.590. The molecule has 14 nitrogen and oxygen atoms in total. The highest BCUT2D eigenvalue weighted by Gasteiger charge is 2.25. The first-order valence-corrected chi connectivity index (χ1v) is 18.8. The number of ether oxygens (including phenoxy) is 5. The van der Waals surface area contributed by atoms with Gasteiger partial charge in [0.2, 0.25) is 11.8 Å². The molecule has 2 amide bonds. The minimum absolute atomic E-state index is 0.0498. The third kappa shape index (κ3) is 12.1. The molecule has 14 heteroatoms. The fourth-order valence-electron chi connectivity index (χ4n) is 6.61. The molecule has 0 saturated carbocycles. The zero-order valence-corrected chi connectivity index (χ0v) is 31.6. The quantitative estimate of drug-likeness (QED) is 0.366. The Morgan fingerprint density at radius 1 is 0.774 bits per heavy atom. The van der Waals surface area contributed by atoms with E-state index < -0.39 is 0 Å². The summed E-state index contributed by atoms with van der Waals surface area (Å²) in [5.74, 6) is 0.344. The molecule has 1 unspecified atom stereocenters. The number of fused-ring (bicyclic) bond motifs is 1. The Morgan fingerprint density at radius 3 is 1.98 bits per heavy atom. The Kier molecular flexibility index (Phi) is 16.2. The lowest BCUT2D eigenvalue weighted by molar-refractivity contribution is -0.136. The summed E-state index contributed by atoms with van der Waals surface area (Å²) in [4.78, 5) is 51.5. The van der Waals surface area contributed by atoms with Gasteiger partial charge in [-0.15, -0.1) is 0 Å². The normalized spacial score (nSPS) is 19.0. The van der Waals surface area contributed by atoms with E-state index in [1.54, 1.807) is 11.0 Å². The third-order valence-electron chi connectivity index (χ3n) is 9.60. The van der Waals surface area contributed by atoms with Gasteiger partial charge in [-0.05, 0) is 49.6 Å². The van der Waals surface area contributed by atoms with E-state index in [2.05, 4.69) is 15.1 Å². The number of aryl methyl sites for hydroxylation is 2. The maximum Gasteiger partial charge on any atom is 0.261 e. The lowest BCUT2D eigenvalue weighted by atomic mass is 10.1. The molecule has 1 N–H and O–H groups in total. The monoisotopic (exact) mass is 736 g/mol. The number of hydrogen-bond donors (Lipinski definition) is 1. The van der Waals surface area contributed by atoms with Crippen molar-refractivity contribution < 1.29 is 33.3 Å². The van der Waals surface area contributed by atoms with Gasteiger partial charge >= 0.3 is 0 Å². The summed E-state index contributed by atoms with van der Waals surface area (Å²) >= 11 is 0. The predicted octanol–water partition coefficient (Wildman–Crippen LogP) is 2.47. The predicted molar refractivity (Wildman–Crippen MR) is 202 cm³/mol. The van der Waals surface area contributed by atoms with E-state index in [1.807, 2.05) is 57.2 Å². The second-order valence-corrected chi connectivity index (χ2v) is 13.4. The van der Waals surface area contributed by atoms with E-state index >= 15 is 0 Å². The van der Waals surface area contributed by atoms with E-state index in [9.17, 15) is 14.4 Å². The second kappa shape index (κ2) is 21.2. The van der Waals surface area contributed by atoms with Crippen molar-refractivity contribution >= 4 is 28.4 Å². The van der Waals surface area contributed by atoms with Gasteiger partial charge in [-0.25, -0.2) is 4.98 Å². The molecule has 3 aromatic rings. The minimum Gasteiger partial charge on any atom is -0.378 e. The van der Waals surface area contributed by atoms with Crippen LogP contribution >= 0.6 is 0 Å². The molecule has 2 saturated heterocycles. The Balaban J connectivity index is 1.21. The van der Waals surface area contributed by atoms with Crippen molar-refractivity contribution in [1.29, 1.82) is 0 Å². The van der Waals surface area contributed by atoms with Crippen LogP contribution in [0.15, 0.2) is 47.3 Å². The molecule has 3 heterocycles. The Morgan fingerprint density at radius 2 is 1.36 bits per heavy atom. The van der Waals surface area contributed by atoms with E-state index in [0.717, 1.165) is 16.8 Å². The fourth-order valence-corrected chi connectivity index (χ4v) is 6.61. The van der Waals surface area contributed by atoms with Gasteiger partial charge in [-0.2, -0.15) is 0 Å². The Labute approximate surface area is 312 Å². The van der Waals surface area contributed by atoms with Crippen LogP contribution in [0.5, 0.6) is 0 Å². The van der Waals surface area contributed by atoms with Crippen LogP contribution in [0.3, 0.4) is 0 Å². The summed E-state index contributed by atoms with van der Waals surface area (Å²) in [6.07, 6.45) is 0.648. The number of nitrogens with zero attached hydrogens (tertiary/aromatic N) is 5. The Hall–Kier alpha value is -3.76. The van der Waals surface area contributed by atoms with Gasteiger partial charge in [0.15, 0.2) is 0 Å². The topological polar surface area (TPSA) is 137 Å². The van der Waals surface area contributed by atoms with Gasteiger partial charge in [0.1, 0.15) is 12.4 Å². The molecular formula is C39H56N6O8. The van der Waals surface area contributed by atoms with E-state index in [0.29, 0.717) is 135 Å². The summed E-state index contributed by atoms with van der Waals surface area (Å²) in [6.45, 7) is 13.8. The summed E-state index contributed by atoms with van der Waals surface area (Å²) in [6, 6.07) is 13.0. The van der Waals surface area contributed by atoms with Crippen LogP contribution in [0.1, 0.15) is 30.3 Å². The zero-order chi connectivity index (χ0) is 37.4. The molecule has 0 spiro atoms. The van der Waals surface area contributed by atoms with Gasteiger partial charge < -0.3 is 33.9 Å². The number of anilines is 1. The van der Waals surface area contributed by atoms with E-state index in [-0.39, 0.29) is 30.0 Å². The summed E-state index contributed by atoms with van der Waals surface area (Å²) < 4.78 is 30.8. The number of benzene rings is 2. The molecular weight excluding hydrogens is 680 g/mol. The van der Waals surface area contributed by atoms with Gasteiger partial charge in [0.05, 0.1) is 89.6 Å². The van der Waals surface area contributed by atoms with E-state index in [1.165, 1.54) is 4.57 Å². The number of carbonyl (C=O) groups is 2. The molecule has 2 aliphatic rings. The SMILES string of the molecule is CCC(C(=O)Nc1cccc(C)c1)N1CCOCCOCCN(Cc2nc3c(C)cccc3c(=O)n2CC(=O)N2CCOCC2)CCOCCOCC1. The number of rotatable bonds is 8. The maximum absolute atomic E-state index is 13.9. The van der Waals surface area contributed by atoms with Crippen molar-refractivity contribution in [2.75, 3.05) is 111 Å². The van der Waals surface area contributed by atoms with Crippen LogP contribution in [0.2, 0.25) is 0 Å². The van der Waals surface area contributed by atoms with Gasteiger partial charge in [-0.1, -0.05) is 31.2 Å². The zero-order valence-electron chi connectivity index (χ0n) is 31.6. The van der Waals surface area contributed by atoms with Gasteiger partial charge in [-0.3, -0.25) is 28.8 Å². The lowest BCUT2D eigenvalue weighted by Crippen LogP contribution is -2.46. The average Bonchev–Trinajstić information content (AvgIpc) is 3.15. The molecule has 1 atom stereocenters. The number of nitrogens with one attached hydrogen (secondary N) is 1. The van der Waals surface area contributed by atoms with Crippen LogP contribution in [-0.2, 0) is 46.4 Å². The van der Waals surface area contributed by atoms with Crippen LogP contribution in [-0.4, -0.2) is 147 Å². The van der Waals surface area contributed by atoms with E-state index in [4.69, 9.17) is 28.7 Å². The van der Waals surface area contributed by atoms with Crippen molar-refractivity contribution in [3.05, 3.63) is 69.8 Å². The van der Waals surface area contributed by atoms with Crippen molar-refractivity contribution in [2.45, 2.75) is 46.3 Å². The van der Waals surface area contributed by atoms with Crippen LogP contribution in [0.25, 0.3) is 10.9 Å². The second-order valence-electron chi connectivity index (χ2n) is 13.4. The first kappa shape index (κ1) is 40.4. The summed E-state index contributed by atoms with van der Waals surface area (Å²) in [5, 5.41) is 3.57. The molecule has 0 radical (unpaired) electrons. The largest absolute Gasteiger partial charge is 0.378 e. The van der Waals surface area contributed by atoms with Crippen molar-refractivity contribution in [3.63, 3.8) is 0 Å². The molecule has 0 aliphatic carbocycles. The van der Waals surface area contributed by atoms with Gasteiger partial charge in [0, 0.05) is 45.0 Å². The molecule has 2 aliphatic heterocycles.